The zero-order valence-corrected chi connectivity index (χ0v) is 16.2. The minimum absolute atomic E-state index is 0.0220. The van der Waals surface area contributed by atoms with Crippen LogP contribution in [0.25, 0.3) is 0 Å². The number of esters is 1. The molecule has 144 valence electrons. The van der Waals surface area contributed by atoms with Gasteiger partial charge in [-0.3, -0.25) is 9.59 Å². The lowest BCUT2D eigenvalue weighted by Crippen LogP contribution is -2.33. The van der Waals surface area contributed by atoms with E-state index < -0.39 is 17.8 Å². The zero-order chi connectivity index (χ0) is 20.3. The summed E-state index contributed by atoms with van der Waals surface area (Å²) < 4.78 is 5.03. The Balaban J connectivity index is 1.97. The number of anilines is 2. The summed E-state index contributed by atoms with van der Waals surface area (Å²) in [6.07, 6.45) is 0.742. The largest absolute Gasteiger partial charge is 0.462 e. The molecular weight excluding hydrogens is 380 g/mol. The highest BCUT2D eigenvalue weighted by Gasteiger charge is 2.40. The van der Waals surface area contributed by atoms with Crippen molar-refractivity contribution in [3.05, 3.63) is 70.4 Å². The molecule has 2 amide bonds. The number of rotatable bonds is 6. The Morgan fingerprint density at radius 3 is 2.43 bits per heavy atom. The number of hydrogen-bond acceptors (Lipinski definition) is 5. The van der Waals surface area contributed by atoms with Crippen LogP contribution >= 0.6 is 11.6 Å². The molecule has 1 heterocycles. The smallest absolute Gasteiger partial charge is 0.340 e. The summed E-state index contributed by atoms with van der Waals surface area (Å²) in [6, 6.07) is 13.7. The van der Waals surface area contributed by atoms with Gasteiger partial charge in [0.1, 0.15) is 10.7 Å². The molecule has 0 aliphatic carbocycles. The molecule has 2 aromatic rings. The highest BCUT2D eigenvalue weighted by Crippen LogP contribution is 2.33. The van der Waals surface area contributed by atoms with Crippen molar-refractivity contribution in [2.45, 2.75) is 20.3 Å². The molecule has 28 heavy (non-hydrogen) atoms. The number of nitrogens with one attached hydrogen (secondary N) is 1. The van der Waals surface area contributed by atoms with E-state index in [1.54, 1.807) is 19.1 Å². The number of carbonyl (C=O) groups excluding carboxylic acids is 3. The van der Waals surface area contributed by atoms with E-state index in [9.17, 15) is 14.4 Å². The molecule has 0 saturated carbocycles. The van der Waals surface area contributed by atoms with Crippen molar-refractivity contribution in [1.82, 2.24) is 0 Å². The van der Waals surface area contributed by atoms with E-state index in [2.05, 4.69) is 5.32 Å². The second-order valence-electron chi connectivity index (χ2n) is 6.01. The molecule has 6 nitrogen and oxygen atoms in total. The van der Waals surface area contributed by atoms with E-state index in [1.807, 2.05) is 31.2 Å². The quantitative estimate of drug-likeness (QED) is 0.590. The summed E-state index contributed by atoms with van der Waals surface area (Å²) in [5, 5.41) is 2.76. The maximum Gasteiger partial charge on any atom is 0.340 e. The SMILES string of the molecule is CCOC(=O)c1ccccc1N1C(=O)C(Cl)=C(Nc2ccccc2CC)C1=O. The van der Waals surface area contributed by atoms with Gasteiger partial charge >= 0.3 is 5.97 Å². The van der Waals surface area contributed by atoms with Crippen LogP contribution in [0.4, 0.5) is 11.4 Å². The maximum atomic E-state index is 13.0. The zero-order valence-electron chi connectivity index (χ0n) is 15.5. The molecule has 7 heteroatoms. The van der Waals surface area contributed by atoms with Gasteiger partial charge in [0.2, 0.25) is 0 Å². The molecule has 0 radical (unpaired) electrons. The number of amides is 2. The number of aryl methyl sites for hydroxylation is 1. The number of imide groups is 1. The third kappa shape index (κ3) is 3.51. The van der Waals surface area contributed by atoms with E-state index in [0.29, 0.717) is 5.69 Å². The minimum Gasteiger partial charge on any atom is -0.462 e. The van der Waals surface area contributed by atoms with Crippen LogP contribution in [0.3, 0.4) is 0 Å². The molecule has 1 aliphatic heterocycles. The number of hydrogen-bond donors (Lipinski definition) is 1. The van der Waals surface area contributed by atoms with E-state index >= 15 is 0 Å². The Bertz CT molecular complexity index is 984. The second-order valence-corrected chi connectivity index (χ2v) is 6.39. The van der Waals surface area contributed by atoms with E-state index in [0.717, 1.165) is 16.9 Å². The van der Waals surface area contributed by atoms with E-state index in [-0.39, 0.29) is 28.6 Å². The van der Waals surface area contributed by atoms with Crippen LogP contribution in [0.1, 0.15) is 29.8 Å². The number of carbonyl (C=O) groups is 3. The Labute approximate surface area is 167 Å². The topological polar surface area (TPSA) is 75.7 Å². The Morgan fingerprint density at radius 1 is 1.04 bits per heavy atom. The van der Waals surface area contributed by atoms with Gasteiger partial charge in [-0.15, -0.1) is 0 Å². The molecule has 0 fully saturated rings. The summed E-state index contributed by atoms with van der Waals surface area (Å²) in [5.74, 6) is -1.94. The highest BCUT2D eigenvalue weighted by atomic mass is 35.5. The van der Waals surface area contributed by atoms with Gasteiger partial charge in [-0.05, 0) is 37.1 Å². The van der Waals surface area contributed by atoms with Gasteiger partial charge in [0.05, 0.1) is 17.9 Å². The van der Waals surface area contributed by atoms with Gasteiger partial charge in [0.15, 0.2) is 0 Å². The van der Waals surface area contributed by atoms with Crippen LogP contribution in [0, 0.1) is 0 Å². The number of benzene rings is 2. The molecule has 0 spiro atoms. The van der Waals surface area contributed by atoms with Gasteiger partial charge in [0, 0.05) is 5.69 Å². The summed E-state index contributed by atoms with van der Waals surface area (Å²) in [4.78, 5) is 38.9. The molecule has 2 aromatic carbocycles. The van der Waals surface area contributed by atoms with E-state index in [1.165, 1.54) is 12.1 Å². The lowest BCUT2D eigenvalue weighted by atomic mass is 10.1. The minimum atomic E-state index is -0.695. The third-order valence-corrected chi connectivity index (χ3v) is 4.68. The van der Waals surface area contributed by atoms with Gasteiger partial charge < -0.3 is 10.1 Å². The third-order valence-electron chi connectivity index (χ3n) is 4.33. The fourth-order valence-corrected chi connectivity index (χ4v) is 3.18. The lowest BCUT2D eigenvalue weighted by Gasteiger charge is -2.18. The normalized spacial score (nSPS) is 13.9. The molecule has 1 aliphatic rings. The van der Waals surface area contributed by atoms with Crippen molar-refractivity contribution in [2.75, 3.05) is 16.8 Å². The summed E-state index contributed by atoms with van der Waals surface area (Å²) >= 11 is 6.20. The highest BCUT2D eigenvalue weighted by molar-refractivity contribution is 6.53. The van der Waals surface area contributed by atoms with Crippen molar-refractivity contribution >= 4 is 40.8 Å². The van der Waals surface area contributed by atoms with Crippen LogP contribution in [0.15, 0.2) is 59.3 Å². The van der Waals surface area contributed by atoms with Crippen molar-refractivity contribution in [1.29, 1.82) is 0 Å². The fraction of sp³-hybridized carbons (Fsp3) is 0.190. The lowest BCUT2D eigenvalue weighted by molar-refractivity contribution is -0.120. The molecule has 1 N–H and O–H groups in total. The van der Waals surface area contributed by atoms with Gasteiger partial charge in [-0.2, -0.15) is 0 Å². The first-order chi connectivity index (χ1) is 13.5. The predicted molar refractivity (Wildman–Crippen MR) is 107 cm³/mol. The molecule has 3 rings (SSSR count). The first-order valence-corrected chi connectivity index (χ1v) is 9.27. The van der Waals surface area contributed by atoms with Crippen molar-refractivity contribution < 1.29 is 19.1 Å². The van der Waals surface area contributed by atoms with Gasteiger partial charge in [-0.1, -0.05) is 48.9 Å². The van der Waals surface area contributed by atoms with Gasteiger partial charge in [0.25, 0.3) is 11.8 Å². The summed E-state index contributed by atoms with van der Waals surface area (Å²) in [7, 11) is 0. The average Bonchev–Trinajstić information content (AvgIpc) is 2.92. The monoisotopic (exact) mass is 398 g/mol. The predicted octanol–water partition coefficient (Wildman–Crippen LogP) is 3.86. The Hall–Kier alpha value is -3.12. The molecule has 0 atom stereocenters. The number of nitrogens with zero attached hydrogens (tertiary/aromatic N) is 1. The fourth-order valence-electron chi connectivity index (χ4n) is 2.97. The number of para-hydroxylation sites is 2. The average molecular weight is 399 g/mol. The van der Waals surface area contributed by atoms with Crippen molar-refractivity contribution in [3.8, 4) is 0 Å². The molecule has 0 saturated heterocycles. The number of halogens is 1. The Kier molecular flexibility index (Phi) is 5.80. The summed E-state index contributed by atoms with van der Waals surface area (Å²) in [5.41, 5.74) is 1.90. The standard InChI is InChI=1S/C21H19ClN2O4/c1-3-13-9-5-7-11-15(13)23-18-17(22)19(25)24(20(18)26)16-12-8-6-10-14(16)21(27)28-4-2/h5-12,23H,3-4H2,1-2H3. The van der Waals surface area contributed by atoms with Crippen LogP contribution in [0.2, 0.25) is 0 Å². The molecule has 0 aromatic heterocycles. The number of ether oxygens (including phenoxy) is 1. The first kappa shape index (κ1) is 19.6. The van der Waals surface area contributed by atoms with E-state index in [4.69, 9.17) is 16.3 Å². The molecule has 0 unspecified atom stereocenters. The van der Waals surface area contributed by atoms with Crippen LogP contribution in [-0.2, 0) is 20.7 Å². The second kappa shape index (κ2) is 8.27. The molecule has 0 bridgehead atoms. The van der Waals surface area contributed by atoms with Crippen molar-refractivity contribution in [3.63, 3.8) is 0 Å². The maximum absolute atomic E-state index is 13.0. The van der Waals surface area contributed by atoms with Crippen LogP contribution in [-0.4, -0.2) is 24.4 Å². The Morgan fingerprint density at radius 2 is 1.71 bits per heavy atom. The molecular formula is C21H19ClN2O4. The van der Waals surface area contributed by atoms with Crippen LogP contribution < -0.4 is 10.2 Å². The summed E-state index contributed by atoms with van der Waals surface area (Å²) in [6.45, 7) is 3.84. The van der Waals surface area contributed by atoms with Gasteiger partial charge in [-0.25, -0.2) is 9.69 Å². The van der Waals surface area contributed by atoms with Crippen molar-refractivity contribution in [2.24, 2.45) is 0 Å². The first-order valence-electron chi connectivity index (χ1n) is 8.89. The van der Waals surface area contributed by atoms with Crippen LogP contribution in [0.5, 0.6) is 0 Å².